The van der Waals surface area contributed by atoms with Gasteiger partial charge in [-0.05, 0) is 49.7 Å². The zero-order valence-corrected chi connectivity index (χ0v) is 18.2. The van der Waals surface area contributed by atoms with E-state index in [0.29, 0.717) is 27.9 Å². The van der Waals surface area contributed by atoms with E-state index >= 15 is 0 Å². The van der Waals surface area contributed by atoms with Gasteiger partial charge >= 0.3 is 0 Å². The maximum atomic E-state index is 12.6. The lowest BCUT2D eigenvalue weighted by Crippen LogP contribution is -2.28. The Kier molecular flexibility index (Phi) is 7.39. The van der Waals surface area contributed by atoms with Gasteiger partial charge in [0.1, 0.15) is 5.75 Å². The summed E-state index contributed by atoms with van der Waals surface area (Å²) in [5, 5.41) is 8.98. The molecule has 0 aliphatic heterocycles. The van der Waals surface area contributed by atoms with Gasteiger partial charge < -0.3 is 20.7 Å². The van der Waals surface area contributed by atoms with E-state index in [1.165, 1.54) is 11.3 Å². The molecule has 1 heterocycles. The minimum atomic E-state index is -0.513. The van der Waals surface area contributed by atoms with Gasteiger partial charge in [0.2, 0.25) is 5.91 Å². The molecule has 0 spiro atoms. The fourth-order valence-corrected chi connectivity index (χ4v) is 3.25. The van der Waals surface area contributed by atoms with Crippen LogP contribution >= 0.6 is 11.3 Å². The van der Waals surface area contributed by atoms with E-state index in [1.54, 1.807) is 30.3 Å². The fourth-order valence-electron chi connectivity index (χ4n) is 2.29. The summed E-state index contributed by atoms with van der Waals surface area (Å²) < 4.78 is 5.39. The largest absolute Gasteiger partial charge is 0.484 e. The number of benzene rings is 1. The summed E-state index contributed by atoms with van der Waals surface area (Å²) in [6, 6.07) is 8.57. The van der Waals surface area contributed by atoms with Crippen LogP contribution in [0.4, 0.5) is 10.7 Å². The highest BCUT2D eigenvalue weighted by molar-refractivity contribution is 7.18. The number of hydrogen-bond donors (Lipinski definition) is 3. The van der Waals surface area contributed by atoms with Crippen molar-refractivity contribution >= 4 is 39.7 Å². The molecule has 3 N–H and O–H groups in total. The summed E-state index contributed by atoms with van der Waals surface area (Å²) in [7, 11) is 0. The standard InChI is InChI=1S/C21H27N3O4S/c1-6-22-16(25)12-28-15-9-7-14(8-10-15)23-19(26)18-13(2)11-17(29-18)24-20(27)21(3,4)5/h7-11H,6,12H2,1-5H3,(H,22,25)(H,23,26)(H,24,27). The van der Waals surface area contributed by atoms with Gasteiger partial charge in [-0.3, -0.25) is 14.4 Å². The molecule has 0 radical (unpaired) electrons. The summed E-state index contributed by atoms with van der Waals surface area (Å²) >= 11 is 1.24. The van der Waals surface area contributed by atoms with Crippen LogP contribution in [-0.4, -0.2) is 30.9 Å². The monoisotopic (exact) mass is 417 g/mol. The van der Waals surface area contributed by atoms with Crippen LogP contribution in [0.1, 0.15) is 42.9 Å². The first-order valence-electron chi connectivity index (χ1n) is 9.33. The lowest BCUT2D eigenvalue weighted by atomic mass is 9.96. The van der Waals surface area contributed by atoms with Crippen LogP contribution in [0.25, 0.3) is 0 Å². The Balaban J connectivity index is 1.98. The van der Waals surface area contributed by atoms with Crippen molar-refractivity contribution < 1.29 is 19.1 Å². The zero-order valence-electron chi connectivity index (χ0n) is 17.3. The highest BCUT2D eigenvalue weighted by Gasteiger charge is 2.23. The highest BCUT2D eigenvalue weighted by Crippen LogP contribution is 2.29. The van der Waals surface area contributed by atoms with Crippen molar-refractivity contribution in [3.8, 4) is 5.75 Å². The lowest BCUT2D eigenvalue weighted by molar-refractivity contribution is -0.123. The number of aryl methyl sites for hydroxylation is 1. The highest BCUT2D eigenvalue weighted by atomic mass is 32.1. The number of nitrogens with one attached hydrogen (secondary N) is 3. The lowest BCUT2D eigenvalue weighted by Gasteiger charge is -2.16. The maximum absolute atomic E-state index is 12.6. The van der Waals surface area contributed by atoms with E-state index < -0.39 is 5.41 Å². The topological polar surface area (TPSA) is 96.5 Å². The predicted molar refractivity (Wildman–Crippen MR) is 116 cm³/mol. The number of amides is 3. The van der Waals surface area contributed by atoms with Gasteiger partial charge in [-0.2, -0.15) is 0 Å². The van der Waals surface area contributed by atoms with Crippen LogP contribution < -0.4 is 20.7 Å². The van der Waals surface area contributed by atoms with Crippen molar-refractivity contribution in [2.24, 2.45) is 5.41 Å². The average molecular weight is 418 g/mol. The number of hydrogen-bond acceptors (Lipinski definition) is 5. The molecule has 0 saturated carbocycles. The van der Waals surface area contributed by atoms with E-state index in [2.05, 4.69) is 16.0 Å². The van der Waals surface area contributed by atoms with Gasteiger partial charge in [0.05, 0.1) is 9.88 Å². The molecule has 1 aromatic heterocycles. The SMILES string of the molecule is CCNC(=O)COc1ccc(NC(=O)c2sc(NC(=O)C(C)(C)C)cc2C)cc1. The van der Waals surface area contributed by atoms with Crippen LogP contribution in [0.5, 0.6) is 5.75 Å². The summed E-state index contributed by atoms with van der Waals surface area (Å²) in [5.41, 5.74) is 0.883. The molecule has 1 aromatic carbocycles. The second kappa shape index (κ2) is 9.56. The molecule has 8 heteroatoms. The second-order valence-corrected chi connectivity index (χ2v) is 8.60. The Morgan fingerprint density at radius 2 is 1.72 bits per heavy atom. The van der Waals surface area contributed by atoms with Crippen molar-refractivity contribution in [3.05, 3.63) is 40.8 Å². The molecule has 0 aliphatic rings. The molecule has 156 valence electrons. The molecule has 29 heavy (non-hydrogen) atoms. The summed E-state index contributed by atoms with van der Waals surface area (Å²) in [4.78, 5) is 36.7. The Morgan fingerprint density at radius 1 is 1.07 bits per heavy atom. The first kappa shape index (κ1) is 22.4. The molecule has 7 nitrogen and oxygen atoms in total. The third-order valence-electron chi connectivity index (χ3n) is 3.90. The molecule has 0 saturated heterocycles. The Bertz CT molecular complexity index is 882. The van der Waals surface area contributed by atoms with Crippen molar-refractivity contribution in [1.82, 2.24) is 5.32 Å². The summed E-state index contributed by atoms with van der Waals surface area (Å²) in [6.45, 7) is 9.66. The third kappa shape index (κ3) is 6.60. The van der Waals surface area contributed by atoms with E-state index in [9.17, 15) is 14.4 Å². The normalized spacial score (nSPS) is 10.9. The second-order valence-electron chi connectivity index (χ2n) is 7.55. The summed E-state index contributed by atoms with van der Waals surface area (Å²) in [5.74, 6) is -0.00481. The fraction of sp³-hybridized carbons (Fsp3) is 0.381. The number of likely N-dealkylation sites (N-methyl/N-ethyl adjacent to an activating group) is 1. The van der Waals surface area contributed by atoms with Crippen molar-refractivity contribution in [2.75, 3.05) is 23.8 Å². The summed E-state index contributed by atoms with van der Waals surface area (Å²) in [6.07, 6.45) is 0. The van der Waals surface area contributed by atoms with Gasteiger partial charge in [0, 0.05) is 17.6 Å². The maximum Gasteiger partial charge on any atom is 0.266 e. The molecule has 0 bridgehead atoms. The number of ether oxygens (including phenoxy) is 1. The average Bonchev–Trinajstić information content (AvgIpc) is 3.01. The van der Waals surface area contributed by atoms with E-state index in [-0.39, 0.29) is 24.3 Å². The molecule has 2 rings (SSSR count). The molecular weight excluding hydrogens is 390 g/mol. The first-order chi connectivity index (χ1) is 13.6. The zero-order chi connectivity index (χ0) is 21.6. The molecular formula is C21H27N3O4S. The minimum absolute atomic E-state index is 0.0585. The molecule has 2 aromatic rings. The van der Waals surface area contributed by atoms with Gasteiger partial charge in [0.25, 0.3) is 11.8 Å². The van der Waals surface area contributed by atoms with E-state index in [1.807, 2.05) is 34.6 Å². The van der Waals surface area contributed by atoms with Crippen molar-refractivity contribution in [2.45, 2.75) is 34.6 Å². The van der Waals surface area contributed by atoms with E-state index in [0.717, 1.165) is 5.56 Å². The first-order valence-corrected chi connectivity index (χ1v) is 10.1. The van der Waals surface area contributed by atoms with Gasteiger partial charge in [-0.1, -0.05) is 20.8 Å². The Hall–Kier alpha value is -2.87. The van der Waals surface area contributed by atoms with Crippen molar-refractivity contribution in [1.29, 1.82) is 0 Å². The molecule has 3 amide bonds. The Morgan fingerprint density at radius 3 is 2.31 bits per heavy atom. The van der Waals surface area contributed by atoms with Gasteiger partial charge in [-0.15, -0.1) is 11.3 Å². The molecule has 0 aliphatic carbocycles. The third-order valence-corrected chi connectivity index (χ3v) is 5.05. The molecule has 0 unspecified atom stereocenters. The quantitative estimate of drug-likeness (QED) is 0.638. The number of rotatable bonds is 7. The number of carbonyl (C=O) groups excluding carboxylic acids is 3. The van der Waals surface area contributed by atoms with Crippen LogP contribution in [0.3, 0.4) is 0 Å². The predicted octanol–water partition coefficient (Wildman–Crippen LogP) is 3.81. The van der Waals surface area contributed by atoms with Gasteiger partial charge in [-0.25, -0.2) is 0 Å². The smallest absolute Gasteiger partial charge is 0.266 e. The minimum Gasteiger partial charge on any atom is -0.484 e. The van der Waals surface area contributed by atoms with Gasteiger partial charge in [0.15, 0.2) is 6.61 Å². The van der Waals surface area contributed by atoms with Crippen molar-refractivity contribution in [3.63, 3.8) is 0 Å². The molecule has 0 fully saturated rings. The number of thiophene rings is 1. The van der Waals surface area contributed by atoms with Crippen LogP contribution in [0, 0.1) is 12.3 Å². The number of anilines is 2. The van der Waals surface area contributed by atoms with Crippen LogP contribution in [0.15, 0.2) is 30.3 Å². The molecule has 0 atom stereocenters. The van der Waals surface area contributed by atoms with Crippen LogP contribution in [0.2, 0.25) is 0 Å². The van der Waals surface area contributed by atoms with E-state index in [4.69, 9.17) is 4.74 Å². The number of carbonyl (C=O) groups is 3. The Labute approximate surface area is 174 Å². The van der Waals surface area contributed by atoms with Crippen LogP contribution in [-0.2, 0) is 9.59 Å².